The summed E-state index contributed by atoms with van der Waals surface area (Å²) in [4.78, 5) is 4.07. The topological polar surface area (TPSA) is 52.0 Å². The highest BCUT2D eigenvalue weighted by molar-refractivity contribution is 5.27. The van der Waals surface area contributed by atoms with E-state index in [1.807, 2.05) is 6.92 Å². The molecule has 1 heterocycles. The van der Waals surface area contributed by atoms with E-state index in [2.05, 4.69) is 4.98 Å². The van der Waals surface area contributed by atoms with E-state index in [9.17, 15) is 13.2 Å². The van der Waals surface area contributed by atoms with Crippen LogP contribution in [0.5, 0.6) is 0 Å². The fourth-order valence-corrected chi connectivity index (χ4v) is 1.78. The van der Waals surface area contributed by atoms with Gasteiger partial charge in [0.15, 0.2) is 5.89 Å². The largest absolute Gasteiger partial charge is 0.445 e. The predicted octanol–water partition coefficient (Wildman–Crippen LogP) is 3.35. The third kappa shape index (κ3) is 3.39. The van der Waals surface area contributed by atoms with Crippen LogP contribution in [0.1, 0.15) is 35.6 Å². The van der Waals surface area contributed by atoms with Crippen molar-refractivity contribution in [1.82, 2.24) is 4.98 Å². The van der Waals surface area contributed by atoms with Gasteiger partial charge >= 0.3 is 6.18 Å². The van der Waals surface area contributed by atoms with Gasteiger partial charge in [-0.05, 0) is 11.6 Å². The van der Waals surface area contributed by atoms with Crippen molar-refractivity contribution >= 4 is 0 Å². The molecule has 0 aliphatic carbocycles. The molecule has 0 aliphatic heterocycles. The van der Waals surface area contributed by atoms with E-state index in [0.29, 0.717) is 23.8 Å². The summed E-state index contributed by atoms with van der Waals surface area (Å²) in [6.45, 7) is 2.33. The summed E-state index contributed by atoms with van der Waals surface area (Å²) >= 11 is 0. The van der Waals surface area contributed by atoms with E-state index in [4.69, 9.17) is 10.2 Å². The van der Waals surface area contributed by atoms with Crippen LogP contribution in [0.3, 0.4) is 0 Å². The van der Waals surface area contributed by atoms with Gasteiger partial charge in [-0.15, -0.1) is 0 Å². The Bertz CT molecular complexity index is 578. The first-order valence-corrected chi connectivity index (χ1v) is 6.21. The number of hydrogen-bond donors (Lipinski definition) is 1. The zero-order chi connectivity index (χ0) is 14.8. The van der Waals surface area contributed by atoms with Crippen molar-refractivity contribution in [2.24, 2.45) is 5.73 Å². The molecule has 0 spiro atoms. The Morgan fingerprint density at radius 1 is 1.35 bits per heavy atom. The molecule has 0 saturated carbocycles. The summed E-state index contributed by atoms with van der Waals surface area (Å²) in [5.74, 6) is 1.08. The fourth-order valence-electron chi connectivity index (χ4n) is 1.78. The zero-order valence-corrected chi connectivity index (χ0v) is 10.9. The van der Waals surface area contributed by atoms with Gasteiger partial charge in [0.1, 0.15) is 5.76 Å². The first-order chi connectivity index (χ1) is 9.40. The SMILES string of the molecule is CC(CN)c1cnc(Cc2cccc(C(F)(F)F)c2)o1. The van der Waals surface area contributed by atoms with E-state index in [0.717, 1.165) is 12.1 Å². The van der Waals surface area contributed by atoms with Crippen molar-refractivity contribution in [3.63, 3.8) is 0 Å². The van der Waals surface area contributed by atoms with Crippen molar-refractivity contribution in [3.8, 4) is 0 Å². The van der Waals surface area contributed by atoms with Crippen molar-refractivity contribution in [2.75, 3.05) is 6.54 Å². The van der Waals surface area contributed by atoms with Crippen LogP contribution in [0, 0.1) is 0 Å². The lowest BCUT2D eigenvalue weighted by Gasteiger charge is -2.07. The van der Waals surface area contributed by atoms with Crippen LogP contribution < -0.4 is 5.73 Å². The number of hydrogen-bond acceptors (Lipinski definition) is 3. The molecule has 0 radical (unpaired) electrons. The molecule has 2 rings (SSSR count). The van der Waals surface area contributed by atoms with Crippen LogP contribution in [0.4, 0.5) is 13.2 Å². The van der Waals surface area contributed by atoms with E-state index in [1.165, 1.54) is 6.07 Å². The number of aromatic nitrogens is 1. The summed E-state index contributed by atoms with van der Waals surface area (Å²) in [6.07, 6.45) is -2.55. The summed E-state index contributed by atoms with van der Waals surface area (Å²) in [5, 5.41) is 0. The van der Waals surface area contributed by atoms with Gasteiger partial charge in [0.25, 0.3) is 0 Å². The van der Waals surface area contributed by atoms with Crippen LogP contribution >= 0.6 is 0 Å². The Balaban J connectivity index is 2.16. The Labute approximate surface area is 114 Å². The van der Waals surface area contributed by atoms with Gasteiger partial charge in [-0.25, -0.2) is 4.98 Å². The normalized spacial score (nSPS) is 13.4. The molecule has 1 unspecified atom stereocenters. The second-order valence-corrected chi connectivity index (χ2v) is 4.67. The van der Waals surface area contributed by atoms with Gasteiger partial charge in [0.2, 0.25) is 0 Å². The third-order valence-corrected chi connectivity index (χ3v) is 3.02. The molecule has 0 fully saturated rings. The van der Waals surface area contributed by atoms with Crippen molar-refractivity contribution in [2.45, 2.75) is 25.4 Å². The molecule has 0 saturated heterocycles. The molecular formula is C14H15F3N2O. The summed E-state index contributed by atoms with van der Waals surface area (Å²) in [6, 6.07) is 5.15. The first kappa shape index (κ1) is 14.6. The minimum Gasteiger partial charge on any atom is -0.445 e. The average Bonchev–Trinajstić information content (AvgIpc) is 2.85. The number of benzene rings is 1. The fraction of sp³-hybridized carbons (Fsp3) is 0.357. The number of halogens is 3. The maximum Gasteiger partial charge on any atom is 0.416 e. The van der Waals surface area contributed by atoms with Gasteiger partial charge in [0, 0.05) is 18.9 Å². The van der Waals surface area contributed by atoms with Crippen LogP contribution in [-0.4, -0.2) is 11.5 Å². The Morgan fingerprint density at radius 2 is 2.10 bits per heavy atom. The summed E-state index contributed by atoms with van der Waals surface area (Å²) in [7, 11) is 0. The molecule has 1 aromatic heterocycles. The predicted molar refractivity (Wildman–Crippen MR) is 68.2 cm³/mol. The van der Waals surface area contributed by atoms with Gasteiger partial charge < -0.3 is 10.2 Å². The third-order valence-electron chi connectivity index (χ3n) is 3.02. The minimum absolute atomic E-state index is 0.0396. The molecule has 0 amide bonds. The van der Waals surface area contributed by atoms with Crippen molar-refractivity contribution < 1.29 is 17.6 Å². The number of nitrogens with two attached hydrogens (primary N) is 1. The van der Waals surface area contributed by atoms with Gasteiger partial charge in [-0.1, -0.05) is 25.1 Å². The first-order valence-electron chi connectivity index (χ1n) is 6.21. The molecule has 108 valence electrons. The van der Waals surface area contributed by atoms with Gasteiger partial charge in [-0.3, -0.25) is 0 Å². The van der Waals surface area contributed by atoms with Crippen molar-refractivity contribution in [1.29, 1.82) is 0 Å². The Kier molecular flexibility index (Phi) is 4.13. The van der Waals surface area contributed by atoms with E-state index in [1.54, 1.807) is 12.3 Å². The number of nitrogens with zero attached hydrogens (tertiary/aromatic N) is 1. The monoisotopic (exact) mass is 284 g/mol. The number of oxazole rings is 1. The highest BCUT2D eigenvalue weighted by atomic mass is 19.4. The molecule has 1 atom stereocenters. The van der Waals surface area contributed by atoms with Crippen LogP contribution in [0.25, 0.3) is 0 Å². The molecular weight excluding hydrogens is 269 g/mol. The smallest absolute Gasteiger partial charge is 0.416 e. The number of rotatable bonds is 4. The van der Waals surface area contributed by atoms with Crippen LogP contribution in [0.15, 0.2) is 34.9 Å². The van der Waals surface area contributed by atoms with E-state index >= 15 is 0 Å². The average molecular weight is 284 g/mol. The molecule has 20 heavy (non-hydrogen) atoms. The Hall–Kier alpha value is -1.82. The maximum absolute atomic E-state index is 12.6. The summed E-state index contributed by atoms with van der Waals surface area (Å²) in [5.41, 5.74) is 5.36. The van der Waals surface area contributed by atoms with E-state index < -0.39 is 11.7 Å². The second kappa shape index (κ2) is 5.66. The highest BCUT2D eigenvalue weighted by Gasteiger charge is 2.30. The second-order valence-electron chi connectivity index (χ2n) is 4.67. The molecule has 0 bridgehead atoms. The Morgan fingerprint density at radius 3 is 2.75 bits per heavy atom. The highest BCUT2D eigenvalue weighted by Crippen LogP contribution is 2.30. The van der Waals surface area contributed by atoms with Gasteiger partial charge in [0.05, 0.1) is 11.8 Å². The molecule has 0 aliphatic rings. The lowest BCUT2D eigenvalue weighted by Crippen LogP contribution is -2.07. The lowest BCUT2D eigenvalue weighted by atomic mass is 10.1. The standard InChI is InChI=1S/C14H15F3N2O/c1-9(7-18)12-8-19-13(20-12)6-10-3-2-4-11(5-10)14(15,16)17/h2-5,8-9H,6-7,18H2,1H3. The summed E-state index contributed by atoms with van der Waals surface area (Å²) < 4.78 is 43.3. The molecule has 1 aromatic carbocycles. The molecule has 2 N–H and O–H groups in total. The molecule has 6 heteroatoms. The number of alkyl halides is 3. The van der Waals surface area contributed by atoms with Gasteiger partial charge in [-0.2, -0.15) is 13.2 Å². The lowest BCUT2D eigenvalue weighted by molar-refractivity contribution is -0.137. The van der Waals surface area contributed by atoms with Crippen molar-refractivity contribution in [3.05, 3.63) is 53.2 Å². The molecule has 2 aromatic rings. The quantitative estimate of drug-likeness (QED) is 0.936. The molecule has 3 nitrogen and oxygen atoms in total. The van der Waals surface area contributed by atoms with E-state index in [-0.39, 0.29) is 12.3 Å². The van der Waals surface area contributed by atoms with Crippen LogP contribution in [-0.2, 0) is 12.6 Å². The maximum atomic E-state index is 12.6. The zero-order valence-electron chi connectivity index (χ0n) is 10.9. The minimum atomic E-state index is -4.34. The van der Waals surface area contributed by atoms with Crippen LogP contribution in [0.2, 0.25) is 0 Å².